The second-order valence-electron chi connectivity index (χ2n) is 10.1. The zero-order valence-electron chi connectivity index (χ0n) is 20.3. The summed E-state index contributed by atoms with van der Waals surface area (Å²) in [6.45, 7) is 11.0. The SMILES string of the molecule is CC(C)CN(Cc1cc(NC(=O)CC(C)(C)C)ccc1N(C)C)C(=O)c1cccc(F)c1. The van der Waals surface area contributed by atoms with Crippen LogP contribution in [0.3, 0.4) is 0 Å². The molecule has 0 aliphatic carbocycles. The number of carbonyl (C=O) groups is 2. The van der Waals surface area contributed by atoms with Gasteiger partial charge in [0.25, 0.3) is 5.91 Å². The van der Waals surface area contributed by atoms with Crippen molar-refractivity contribution in [1.82, 2.24) is 4.90 Å². The maximum atomic E-state index is 13.7. The van der Waals surface area contributed by atoms with Gasteiger partial charge in [0.05, 0.1) is 0 Å². The average molecular weight is 442 g/mol. The van der Waals surface area contributed by atoms with Gasteiger partial charge in [-0.3, -0.25) is 9.59 Å². The van der Waals surface area contributed by atoms with Crippen molar-refractivity contribution in [2.24, 2.45) is 11.3 Å². The molecule has 1 N–H and O–H groups in total. The molecule has 0 bridgehead atoms. The summed E-state index contributed by atoms with van der Waals surface area (Å²) in [5.74, 6) is -0.455. The van der Waals surface area contributed by atoms with Crippen LogP contribution in [0.5, 0.6) is 0 Å². The summed E-state index contributed by atoms with van der Waals surface area (Å²) in [6.07, 6.45) is 0.412. The number of halogens is 1. The van der Waals surface area contributed by atoms with Crippen LogP contribution < -0.4 is 10.2 Å². The number of hydrogen-bond acceptors (Lipinski definition) is 3. The molecule has 0 saturated carbocycles. The Morgan fingerprint density at radius 3 is 2.31 bits per heavy atom. The minimum Gasteiger partial charge on any atom is -0.377 e. The van der Waals surface area contributed by atoms with Crippen molar-refractivity contribution >= 4 is 23.2 Å². The maximum Gasteiger partial charge on any atom is 0.254 e. The molecule has 174 valence electrons. The molecule has 0 fully saturated rings. The summed E-state index contributed by atoms with van der Waals surface area (Å²) < 4.78 is 13.7. The Bertz CT molecular complexity index is 948. The molecule has 5 nitrogen and oxygen atoms in total. The molecule has 0 aliphatic heterocycles. The summed E-state index contributed by atoms with van der Waals surface area (Å²) in [5.41, 5.74) is 2.78. The molecule has 6 heteroatoms. The van der Waals surface area contributed by atoms with Crippen LogP contribution in [0.15, 0.2) is 42.5 Å². The van der Waals surface area contributed by atoms with E-state index in [1.165, 1.54) is 12.1 Å². The predicted molar refractivity (Wildman–Crippen MR) is 129 cm³/mol. The van der Waals surface area contributed by atoms with Crippen molar-refractivity contribution < 1.29 is 14.0 Å². The Hall–Kier alpha value is -2.89. The van der Waals surface area contributed by atoms with Gasteiger partial charge < -0.3 is 15.1 Å². The van der Waals surface area contributed by atoms with Gasteiger partial charge in [-0.25, -0.2) is 4.39 Å². The van der Waals surface area contributed by atoms with Crippen LogP contribution in [0, 0.1) is 17.2 Å². The Morgan fingerprint density at radius 2 is 1.75 bits per heavy atom. The van der Waals surface area contributed by atoms with Gasteiger partial charge in [0.2, 0.25) is 5.91 Å². The molecule has 0 radical (unpaired) electrons. The predicted octanol–water partition coefficient (Wildman–Crippen LogP) is 5.56. The number of amides is 2. The van der Waals surface area contributed by atoms with Crippen molar-refractivity contribution in [2.75, 3.05) is 30.9 Å². The topological polar surface area (TPSA) is 52.7 Å². The number of carbonyl (C=O) groups excluding carboxylic acids is 2. The minimum atomic E-state index is -0.433. The van der Waals surface area contributed by atoms with Gasteiger partial charge in [-0.15, -0.1) is 0 Å². The van der Waals surface area contributed by atoms with Crippen LogP contribution in [-0.4, -0.2) is 37.4 Å². The number of nitrogens with zero attached hydrogens (tertiary/aromatic N) is 2. The zero-order chi connectivity index (χ0) is 24.1. The van der Waals surface area contributed by atoms with Gasteiger partial charge in [-0.1, -0.05) is 40.7 Å². The molecule has 0 saturated heterocycles. The fourth-order valence-corrected chi connectivity index (χ4v) is 3.58. The van der Waals surface area contributed by atoms with Gasteiger partial charge in [0.1, 0.15) is 5.82 Å². The van der Waals surface area contributed by atoms with Gasteiger partial charge in [0, 0.05) is 50.5 Å². The molecule has 2 amide bonds. The lowest BCUT2D eigenvalue weighted by molar-refractivity contribution is -0.117. The van der Waals surface area contributed by atoms with E-state index in [4.69, 9.17) is 0 Å². The molecule has 0 aromatic heterocycles. The highest BCUT2D eigenvalue weighted by Gasteiger charge is 2.21. The molecule has 0 atom stereocenters. The quantitative estimate of drug-likeness (QED) is 0.583. The average Bonchev–Trinajstić information content (AvgIpc) is 2.65. The third-order valence-electron chi connectivity index (χ3n) is 4.84. The van der Waals surface area contributed by atoms with Gasteiger partial charge in [-0.05, 0) is 53.3 Å². The van der Waals surface area contributed by atoms with Crippen LogP contribution in [0.1, 0.15) is 57.0 Å². The molecule has 32 heavy (non-hydrogen) atoms. The van der Waals surface area contributed by atoms with E-state index in [2.05, 4.69) is 5.32 Å². The fraction of sp³-hybridized carbons (Fsp3) is 0.462. The summed E-state index contributed by atoms with van der Waals surface area (Å²) in [4.78, 5) is 29.4. The monoisotopic (exact) mass is 441 g/mol. The minimum absolute atomic E-state index is 0.0454. The first-order valence-corrected chi connectivity index (χ1v) is 11.0. The first kappa shape index (κ1) is 25.4. The van der Waals surface area contributed by atoms with Crippen molar-refractivity contribution in [3.63, 3.8) is 0 Å². The Balaban J connectivity index is 2.35. The van der Waals surface area contributed by atoms with Crippen molar-refractivity contribution in [2.45, 2.75) is 47.6 Å². The van der Waals surface area contributed by atoms with E-state index >= 15 is 0 Å². The van der Waals surface area contributed by atoms with Crippen LogP contribution in [0.4, 0.5) is 15.8 Å². The first-order chi connectivity index (χ1) is 14.9. The van der Waals surface area contributed by atoms with Crippen LogP contribution in [0.2, 0.25) is 0 Å². The summed E-state index contributed by atoms with van der Waals surface area (Å²) in [5, 5.41) is 2.98. The number of hydrogen-bond donors (Lipinski definition) is 1. The highest BCUT2D eigenvalue weighted by atomic mass is 19.1. The summed E-state index contributed by atoms with van der Waals surface area (Å²) in [6, 6.07) is 11.5. The highest BCUT2D eigenvalue weighted by molar-refractivity contribution is 5.94. The van der Waals surface area contributed by atoms with Gasteiger partial charge in [0.15, 0.2) is 0 Å². The fourth-order valence-electron chi connectivity index (χ4n) is 3.58. The molecule has 2 rings (SSSR count). The Morgan fingerprint density at radius 1 is 1.06 bits per heavy atom. The summed E-state index contributed by atoms with van der Waals surface area (Å²) in [7, 11) is 3.88. The number of anilines is 2. The van der Waals surface area contributed by atoms with E-state index < -0.39 is 5.82 Å². The lowest BCUT2D eigenvalue weighted by Gasteiger charge is -2.28. The molecular weight excluding hydrogens is 405 g/mol. The molecule has 2 aromatic rings. The molecule has 0 spiro atoms. The van der Waals surface area contributed by atoms with Crippen molar-refractivity contribution in [3.8, 4) is 0 Å². The second kappa shape index (κ2) is 10.6. The molecule has 0 heterocycles. The Kier molecular flexibility index (Phi) is 8.42. The van der Waals surface area contributed by atoms with E-state index in [0.29, 0.717) is 30.8 Å². The van der Waals surface area contributed by atoms with Crippen molar-refractivity contribution in [3.05, 3.63) is 59.4 Å². The van der Waals surface area contributed by atoms with Crippen LogP contribution in [0.25, 0.3) is 0 Å². The smallest absolute Gasteiger partial charge is 0.254 e. The van der Waals surface area contributed by atoms with E-state index in [1.807, 2.05) is 71.8 Å². The molecular formula is C26H36FN3O2. The molecule has 0 unspecified atom stereocenters. The number of benzene rings is 2. The first-order valence-electron chi connectivity index (χ1n) is 11.0. The Labute approximate surface area is 191 Å². The van der Waals surface area contributed by atoms with Crippen LogP contribution in [-0.2, 0) is 11.3 Å². The standard InChI is InChI=1S/C26H36FN3O2/c1-18(2)16-30(25(32)19-9-8-10-21(27)13-19)17-20-14-22(11-12-23(20)29(6)7)28-24(31)15-26(3,4)5/h8-14,18H,15-17H2,1-7H3,(H,28,31). The zero-order valence-corrected chi connectivity index (χ0v) is 20.3. The second-order valence-corrected chi connectivity index (χ2v) is 10.1. The highest BCUT2D eigenvalue weighted by Crippen LogP contribution is 2.27. The largest absolute Gasteiger partial charge is 0.377 e. The van der Waals surface area contributed by atoms with Crippen molar-refractivity contribution in [1.29, 1.82) is 0 Å². The summed E-state index contributed by atoms with van der Waals surface area (Å²) >= 11 is 0. The van der Waals surface area contributed by atoms with Gasteiger partial charge >= 0.3 is 0 Å². The normalized spacial score (nSPS) is 11.4. The molecule has 2 aromatic carbocycles. The van der Waals surface area contributed by atoms with Crippen LogP contribution >= 0.6 is 0 Å². The maximum absolute atomic E-state index is 13.7. The lowest BCUT2D eigenvalue weighted by atomic mass is 9.92. The lowest BCUT2D eigenvalue weighted by Crippen LogP contribution is -2.34. The third kappa shape index (κ3) is 7.66. The van der Waals surface area contributed by atoms with E-state index in [-0.39, 0.29) is 23.1 Å². The molecule has 0 aliphatic rings. The van der Waals surface area contributed by atoms with E-state index in [1.54, 1.807) is 17.0 Å². The number of nitrogens with one attached hydrogen (secondary N) is 1. The van der Waals surface area contributed by atoms with E-state index in [9.17, 15) is 14.0 Å². The van der Waals surface area contributed by atoms with E-state index in [0.717, 1.165) is 11.3 Å². The number of rotatable bonds is 8. The van der Waals surface area contributed by atoms with Gasteiger partial charge in [-0.2, -0.15) is 0 Å². The third-order valence-corrected chi connectivity index (χ3v) is 4.84.